The monoisotopic (exact) mass is 297 g/mol. The summed E-state index contributed by atoms with van der Waals surface area (Å²) in [5.41, 5.74) is -1.78. The Morgan fingerprint density at radius 1 is 0.917 bits per heavy atom. The number of hydrogen-bond donors (Lipinski definition) is 1. The molecule has 100 valence electrons. The zero-order valence-corrected chi connectivity index (χ0v) is 13.6. The predicted molar refractivity (Wildman–Crippen MR) is 104 cm³/mol. The maximum absolute atomic E-state index is 6.25. The maximum Gasteiger partial charge on any atom is 0.175 e. The van der Waals surface area contributed by atoms with Crippen LogP contribution in [0.5, 0.6) is 11.5 Å². The van der Waals surface area contributed by atoms with E-state index in [2.05, 4.69) is 5.32 Å². The molecule has 1 aliphatic rings. The first kappa shape index (κ1) is 19.7. The minimum absolute atomic E-state index is 0.00251. The minimum Gasteiger partial charge on any atom is -0.469 e. The highest BCUT2D eigenvalue weighted by Gasteiger charge is 2.38. The van der Waals surface area contributed by atoms with Crippen molar-refractivity contribution in [1.82, 2.24) is 5.32 Å². The first-order chi connectivity index (χ1) is 10.7. The number of benzene rings is 1. The van der Waals surface area contributed by atoms with Crippen molar-refractivity contribution in [3.8, 4) is 11.5 Å². The summed E-state index contributed by atoms with van der Waals surface area (Å²) in [5.74, 6) is 0.0371. The molecule has 1 heterocycles. The molecule has 0 unspecified atom stereocenters. The smallest absolute Gasteiger partial charge is 0.175 e. The molecule has 18 radical (unpaired) electrons. The van der Waals surface area contributed by atoms with E-state index < -0.39 is 22.2 Å². The summed E-state index contributed by atoms with van der Waals surface area (Å²) in [4.78, 5) is 0. The summed E-state index contributed by atoms with van der Waals surface area (Å²) in [7, 11) is 53.3. The topological polar surface area (TPSA) is 30.5 Å². The van der Waals surface area contributed by atoms with Crippen LogP contribution in [0.1, 0.15) is 19.4 Å². The summed E-state index contributed by atoms with van der Waals surface area (Å²) in [6.45, 7) is 3.20. The van der Waals surface area contributed by atoms with Gasteiger partial charge in [0.1, 0.15) is 23.5 Å². The largest absolute Gasteiger partial charge is 0.469 e. The highest BCUT2D eigenvalue weighted by molar-refractivity contribution is 6.56. The van der Waals surface area contributed by atoms with E-state index in [1.54, 1.807) is 6.92 Å². The van der Waals surface area contributed by atoms with Crippen molar-refractivity contribution in [2.24, 2.45) is 0 Å². The van der Waals surface area contributed by atoms with Crippen LogP contribution in [0, 0.1) is 0 Å². The van der Waals surface area contributed by atoms with E-state index in [0.29, 0.717) is 0 Å². The summed E-state index contributed by atoms with van der Waals surface area (Å²) >= 11 is 0. The Balaban J connectivity index is 2.58. The Labute approximate surface area is 155 Å². The van der Waals surface area contributed by atoms with E-state index in [1.807, 2.05) is 0 Å². The van der Waals surface area contributed by atoms with Crippen molar-refractivity contribution >= 4 is 87.0 Å². The minimum atomic E-state index is -1.93. The number of hydrogen-bond acceptors (Lipinski definition) is 3. The van der Waals surface area contributed by atoms with Crippen molar-refractivity contribution in [1.29, 1.82) is 0 Å². The van der Waals surface area contributed by atoms with E-state index in [-0.39, 0.29) is 33.5 Å². The van der Waals surface area contributed by atoms with Gasteiger partial charge in [0.25, 0.3) is 0 Å². The van der Waals surface area contributed by atoms with Gasteiger partial charge in [-0.3, -0.25) is 0 Å². The molecule has 1 aliphatic heterocycles. The molecule has 0 aliphatic carbocycles. The van der Waals surface area contributed by atoms with Crippen LogP contribution in [-0.4, -0.2) is 87.6 Å². The molecule has 0 saturated carbocycles. The fourth-order valence-electron chi connectivity index (χ4n) is 2.57. The van der Waals surface area contributed by atoms with Crippen LogP contribution >= 0.6 is 0 Å². The Kier molecular flexibility index (Phi) is 4.89. The standard InChI is InChI=1S/C12H8B9NO2/c1-3(22-10(2,16)17)11(18,19)4-5(13)7(15)9-8(6(4)14)23-12(20,21)24-9/h3,22H,1-2H3/t3-/m0/s1. The lowest BCUT2D eigenvalue weighted by Crippen LogP contribution is -2.60. The lowest BCUT2D eigenvalue weighted by molar-refractivity contribution is 0.0844. The van der Waals surface area contributed by atoms with Crippen LogP contribution in [0.2, 0.25) is 0 Å². The molecule has 0 aromatic heterocycles. The van der Waals surface area contributed by atoms with Crippen molar-refractivity contribution in [3.63, 3.8) is 0 Å². The van der Waals surface area contributed by atoms with Gasteiger partial charge in [0, 0.05) is 0 Å². The van der Waals surface area contributed by atoms with Crippen LogP contribution in [0.25, 0.3) is 0 Å². The molecule has 3 nitrogen and oxygen atoms in total. The zero-order valence-electron chi connectivity index (χ0n) is 13.6. The van der Waals surface area contributed by atoms with E-state index in [9.17, 15) is 0 Å². The van der Waals surface area contributed by atoms with Gasteiger partial charge in [0.15, 0.2) is 32.8 Å². The first-order valence-corrected chi connectivity index (χ1v) is 7.07. The molecular formula is C12H8B9NO2. The molecule has 0 amide bonds. The fraction of sp³-hybridized carbons (Fsp3) is 0.500. The maximum atomic E-state index is 6.25. The van der Waals surface area contributed by atoms with Crippen LogP contribution in [-0.2, 0) is 5.21 Å². The van der Waals surface area contributed by atoms with Gasteiger partial charge >= 0.3 is 0 Å². The molecule has 1 N–H and O–H groups in total. The molecule has 0 spiro atoms. The third-order valence-electron chi connectivity index (χ3n) is 3.72. The van der Waals surface area contributed by atoms with Crippen molar-refractivity contribution in [2.75, 3.05) is 0 Å². The number of nitrogens with one attached hydrogen (secondary N) is 1. The Morgan fingerprint density at radius 3 is 1.83 bits per heavy atom. The Bertz CT molecular complexity index is 672. The molecule has 1 aromatic rings. The third kappa shape index (κ3) is 3.49. The molecule has 1 aromatic carbocycles. The number of rotatable bonds is 4. The lowest BCUT2D eigenvalue weighted by Gasteiger charge is -2.42. The summed E-state index contributed by atoms with van der Waals surface area (Å²) < 4.78 is 10.5. The number of ether oxygens (including phenoxy) is 2. The Hall–Kier alpha value is -0.636. The quantitative estimate of drug-likeness (QED) is 0.566. The van der Waals surface area contributed by atoms with Gasteiger partial charge in [0.05, 0.1) is 31.4 Å². The fourth-order valence-corrected chi connectivity index (χ4v) is 2.57. The van der Waals surface area contributed by atoms with Gasteiger partial charge in [-0.1, -0.05) is 40.9 Å². The molecule has 24 heavy (non-hydrogen) atoms. The first-order valence-electron chi connectivity index (χ1n) is 7.07. The Morgan fingerprint density at radius 2 is 1.38 bits per heavy atom. The summed E-state index contributed by atoms with van der Waals surface area (Å²) in [6.07, 6.45) is 0. The van der Waals surface area contributed by atoms with E-state index >= 15 is 0 Å². The van der Waals surface area contributed by atoms with Crippen molar-refractivity contribution < 1.29 is 9.47 Å². The SMILES string of the molecule is [B]c1c([B])c(C([B])([B])[C@H](C)NC([B])([B])C)c([B])c2c1OC([B])([B])O2. The molecule has 0 saturated heterocycles. The third-order valence-corrected chi connectivity index (χ3v) is 3.72. The van der Waals surface area contributed by atoms with Crippen molar-refractivity contribution in [2.45, 2.75) is 36.0 Å². The predicted octanol–water partition coefficient (Wildman–Crippen LogP) is -4.73. The van der Waals surface area contributed by atoms with Gasteiger partial charge in [-0.15, -0.1) is 0 Å². The van der Waals surface area contributed by atoms with Gasteiger partial charge in [-0.05, 0) is 11.5 Å². The second kappa shape index (κ2) is 5.97. The van der Waals surface area contributed by atoms with Gasteiger partial charge in [-0.2, -0.15) is 0 Å². The molecule has 2 rings (SSSR count). The zero-order chi connectivity index (χ0) is 18.7. The van der Waals surface area contributed by atoms with Gasteiger partial charge < -0.3 is 14.8 Å². The second-order valence-corrected chi connectivity index (χ2v) is 6.28. The summed E-state index contributed by atoms with van der Waals surface area (Å²) in [5, 5.41) is 0.00823. The average Bonchev–Trinajstić information content (AvgIpc) is 2.70. The normalized spacial score (nSPS) is 17.6. The molecule has 1 atom stereocenters. The average molecular weight is 296 g/mol. The number of fused-ring (bicyclic) bond motifs is 1. The van der Waals surface area contributed by atoms with Crippen LogP contribution in [0.15, 0.2) is 0 Å². The highest BCUT2D eigenvalue weighted by Crippen LogP contribution is 2.35. The van der Waals surface area contributed by atoms with Gasteiger partial charge in [0.2, 0.25) is 0 Å². The van der Waals surface area contributed by atoms with Crippen LogP contribution in [0.3, 0.4) is 0 Å². The van der Waals surface area contributed by atoms with Crippen molar-refractivity contribution in [3.05, 3.63) is 5.56 Å². The van der Waals surface area contributed by atoms with Crippen LogP contribution < -0.4 is 31.2 Å². The highest BCUT2D eigenvalue weighted by atomic mass is 16.7. The van der Waals surface area contributed by atoms with Gasteiger partial charge in [-0.25, -0.2) is 0 Å². The van der Waals surface area contributed by atoms with E-state index in [4.69, 9.17) is 80.1 Å². The second-order valence-electron chi connectivity index (χ2n) is 6.28. The van der Waals surface area contributed by atoms with E-state index in [1.165, 1.54) is 6.92 Å². The van der Waals surface area contributed by atoms with E-state index in [0.717, 1.165) is 0 Å². The lowest BCUT2D eigenvalue weighted by atomic mass is 9.43. The van der Waals surface area contributed by atoms with Crippen LogP contribution in [0.4, 0.5) is 0 Å². The molecule has 0 bridgehead atoms. The molecule has 12 heteroatoms. The summed E-state index contributed by atoms with van der Waals surface area (Å²) in [6, 6.07) is -0.651. The molecule has 0 fully saturated rings. The molecular weight excluding hydrogens is 287 g/mol.